The van der Waals surface area contributed by atoms with Crippen molar-refractivity contribution in [2.75, 3.05) is 19.0 Å². The second-order valence-electron chi connectivity index (χ2n) is 6.73. The molecule has 3 rings (SSSR count). The average molecular weight is 409 g/mol. The van der Waals surface area contributed by atoms with Crippen molar-refractivity contribution in [2.45, 2.75) is 20.4 Å². The Balaban J connectivity index is 1.57. The van der Waals surface area contributed by atoms with Crippen molar-refractivity contribution in [3.05, 3.63) is 77.0 Å². The third-order valence-electron chi connectivity index (χ3n) is 4.68. The van der Waals surface area contributed by atoms with Crippen LogP contribution in [0.3, 0.4) is 0 Å². The van der Waals surface area contributed by atoms with E-state index in [1.807, 2.05) is 30.5 Å². The summed E-state index contributed by atoms with van der Waals surface area (Å²) < 4.78 is 12.5. The highest BCUT2D eigenvalue weighted by atomic mass is 16.5. The number of hydrogen-bond acceptors (Lipinski definition) is 5. The number of benzene rings is 1. The van der Waals surface area contributed by atoms with Gasteiger partial charge >= 0.3 is 5.97 Å². The van der Waals surface area contributed by atoms with Crippen molar-refractivity contribution >= 4 is 23.5 Å². The van der Waals surface area contributed by atoms with Crippen LogP contribution in [-0.2, 0) is 16.1 Å². The van der Waals surface area contributed by atoms with Gasteiger partial charge in [-0.25, -0.2) is 4.79 Å². The van der Waals surface area contributed by atoms with E-state index in [1.54, 1.807) is 43.6 Å². The molecule has 0 saturated carbocycles. The Kier molecular flexibility index (Phi) is 6.36. The highest BCUT2D eigenvalue weighted by Gasteiger charge is 2.18. The molecule has 0 radical (unpaired) electrons. The molecule has 0 bridgehead atoms. The summed E-state index contributed by atoms with van der Waals surface area (Å²) in [5.74, 6) is -0.482. The van der Waals surface area contributed by atoms with Crippen LogP contribution in [0.5, 0.6) is 0 Å². The molecule has 3 aromatic rings. The zero-order valence-electron chi connectivity index (χ0n) is 17.0. The topological polar surface area (TPSA) is 103 Å². The maximum absolute atomic E-state index is 12.5. The number of rotatable bonds is 7. The van der Waals surface area contributed by atoms with E-state index in [-0.39, 0.29) is 5.91 Å². The molecule has 30 heavy (non-hydrogen) atoms. The van der Waals surface area contributed by atoms with Gasteiger partial charge < -0.3 is 24.4 Å². The number of aryl methyl sites for hydroxylation is 1. The molecular formula is C22H23N3O5. The van der Waals surface area contributed by atoms with Gasteiger partial charge in [0.2, 0.25) is 0 Å². The minimum Gasteiger partial charge on any atom is -0.467 e. The summed E-state index contributed by atoms with van der Waals surface area (Å²) in [6.07, 6.45) is 1.60. The second kappa shape index (κ2) is 9.13. The van der Waals surface area contributed by atoms with E-state index in [4.69, 9.17) is 9.15 Å². The van der Waals surface area contributed by atoms with Crippen LogP contribution >= 0.6 is 0 Å². The Labute approximate surface area is 173 Å². The maximum atomic E-state index is 12.5. The Morgan fingerprint density at radius 3 is 2.47 bits per heavy atom. The van der Waals surface area contributed by atoms with E-state index in [1.165, 1.54) is 0 Å². The van der Waals surface area contributed by atoms with E-state index in [9.17, 15) is 14.4 Å². The fourth-order valence-corrected chi connectivity index (χ4v) is 3.06. The van der Waals surface area contributed by atoms with Crippen molar-refractivity contribution in [2.24, 2.45) is 0 Å². The number of amides is 2. The Morgan fingerprint density at radius 2 is 1.83 bits per heavy atom. The lowest BCUT2D eigenvalue weighted by atomic mass is 10.2. The van der Waals surface area contributed by atoms with Gasteiger partial charge in [0, 0.05) is 29.7 Å². The van der Waals surface area contributed by atoms with E-state index in [0.717, 1.165) is 17.1 Å². The molecule has 0 saturated heterocycles. The van der Waals surface area contributed by atoms with Crippen molar-refractivity contribution < 1.29 is 23.5 Å². The number of furan rings is 1. The molecule has 0 atom stereocenters. The normalized spacial score (nSPS) is 10.5. The molecule has 8 heteroatoms. The molecule has 0 aliphatic heterocycles. The second-order valence-corrected chi connectivity index (χ2v) is 6.73. The summed E-state index contributed by atoms with van der Waals surface area (Å²) in [7, 11) is 1.54. The summed E-state index contributed by atoms with van der Waals surface area (Å²) in [4.78, 5) is 36.1. The predicted octanol–water partition coefficient (Wildman–Crippen LogP) is 2.90. The molecule has 0 fully saturated rings. The molecular weight excluding hydrogens is 386 g/mol. The van der Waals surface area contributed by atoms with Gasteiger partial charge in [0.1, 0.15) is 5.76 Å². The van der Waals surface area contributed by atoms with Gasteiger partial charge in [-0.2, -0.15) is 0 Å². The number of ether oxygens (including phenoxy) is 1. The first-order valence-corrected chi connectivity index (χ1v) is 9.37. The smallest absolute Gasteiger partial charge is 0.340 e. The molecule has 2 N–H and O–H groups in total. The summed E-state index contributed by atoms with van der Waals surface area (Å²) in [5.41, 5.74) is 3.00. The van der Waals surface area contributed by atoms with Gasteiger partial charge in [0.15, 0.2) is 6.61 Å². The third-order valence-corrected chi connectivity index (χ3v) is 4.68. The number of nitrogens with zero attached hydrogens (tertiary/aromatic N) is 1. The predicted molar refractivity (Wildman–Crippen MR) is 110 cm³/mol. The lowest BCUT2D eigenvalue weighted by molar-refractivity contribution is -0.119. The molecule has 2 aromatic heterocycles. The summed E-state index contributed by atoms with van der Waals surface area (Å²) >= 11 is 0. The highest BCUT2D eigenvalue weighted by molar-refractivity contribution is 5.97. The highest BCUT2D eigenvalue weighted by Crippen LogP contribution is 2.18. The van der Waals surface area contributed by atoms with Crippen LogP contribution in [0.1, 0.15) is 37.9 Å². The average Bonchev–Trinajstić information content (AvgIpc) is 3.36. The Morgan fingerprint density at radius 1 is 1.10 bits per heavy atom. The van der Waals surface area contributed by atoms with Crippen molar-refractivity contribution in [1.29, 1.82) is 0 Å². The van der Waals surface area contributed by atoms with Gasteiger partial charge in [-0.05, 0) is 56.3 Å². The number of nitrogens with one attached hydrogen (secondary N) is 2. The summed E-state index contributed by atoms with van der Waals surface area (Å²) in [5, 5.41) is 5.15. The number of esters is 1. The number of carbonyl (C=O) groups excluding carboxylic acids is 3. The lowest BCUT2D eigenvalue weighted by Gasteiger charge is -2.09. The van der Waals surface area contributed by atoms with Crippen LogP contribution in [0.2, 0.25) is 0 Å². The van der Waals surface area contributed by atoms with Crippen LogP contribution in [0.4, 0.5) is 5.69 Å². The molecule has 0 spiro atoms. The van der Waals surface area contributed by atoms with Crippen LogP contribution in [0, 0.1) is 13.8 Å². The number of hydrogen-bond donors (Lipinski definition) is 2. The first-order valence-electron chi connectivity index (χ1n) is 9.37. The monoisotopic (exact) mass is 409 g/mol. The van der Waals surface area contributed by atoms with Gasteiger partial charge in [0.25, 0.3) is 11.8 Å². The standard InChI is InChI=1S/C22H23N3O5/c1-14-11-19(15(2)25(14)12-18-5-4-10-29-18)22(28)30-13-20(26)24-17-8-6-16(7-9-17)21(27)23-3/h4-11H,12-13H2,1-3H3,(H,23,27)(H,24,26). The maximum Gasteiger partial charge on any atom is 0.340 e. The third kappa shape index (κ3) is 4.78. The Hall–Kier alpha value is -3.81. The molecule has 8 nitrogen and oxygen atoms in total. The minimum absolute atomic E-state index is 0.216. The molecule has 1 aromatic carbocycles. The quantitative estimate of drug-likeness (QED) is 0.584. The van der Waals surface area contributed by atoms with Crippen LogP contribution in [0.15, 0.2) is 53.1 Å². The minimum atomic E-state index is -0.570. The molecule has 0 aliphatic rings. The van der Waals surface area contributed by atoms with Crippen molar-refractivity contribution in [3.8, 4) is 0 Å². The summed E-state index contributed by atoms with van der Waals surface area (Å²) in [6.45, 7) is 3.80. The van der Waals surface area contributed by atoms with Gasteiger partial charge in [0.05, 0.1) is 18.4 Å². The number of carbonyl (C=O) groups is 3. The Bertz CT molecular complexity index is 1050. The fourth-order valence-electron chi connectivity index (χ4n) is 3.06. The zero-order chi connectivity index (χ0) is 21.7. The molecule has 2 heterocycles. The van der Waals surface area contributed by atoms with Crippen LogP contribution in [0.25, 0.3) is 0 Å². The number of anilines is 1. The van der Waals surface area contributed by atoms with Crippen LogP contribution < -0.4 is 10.6 Å². The number of aromatic nitrogens is 1. The first kappa shape index (κ1) is 20.9. The fraction of sp³-hybridized carbons (Fsp3) is 0.227. The molecule has 2 amide bonds. The van der Waals surface area contributed by atoms with Crippen molar-refractivity contribution in [3.63, 3.8) is 0 Å². The largest absolute Gasteiger partial charge is 0.467 e. The van der Waals surface area contributed by atoms with Gasteiger partial charge in [-0.3, -0.25) is 9.59 Å². The van der Waals surface area contributed by atoms with Crippen LogP contribution in [-0.4, -0.2) is 36.0 Å². The molecule has 156 valence electrons. The van der Waals surface area contributed by atoms with E-state index >= 15 is 0 Å². The summed E-state index contributed by atoms with van der Waals surface area (Å²) in [6, 6.07) is 11.8. The molecule has 0 unspecified atom stereocenters. The first-order chi connectivity index (χ1) is 14.4. The zero-order valence-corrected chi connectivity index (χ0v) is 17.0. The van der Waals surface area contributed by atoms with Crippen molar-refractivity contribution in [1.82, 2.24) is 9.88 Å². The lowest BCUT2D eigenvalue weighted by Crippen LogP contribution is -2.21. The van der Waals surface area contributed by atoms with Gasteiger partial charge in [-0.1, -0.05) is 0 Å². The van der Waals surface area contributed by atoms with E-state index < -0.39 is 18.5 Å². The van der Waals surface area contributed by atoms with E-state index in [0.29, 0.717) is 23.4 Å². The SMILES string of the molecule is CNC(=O)c1ccc(NC(=O)COC(=O)c2cc(C)n(Cc3ccco3)c2C)cc1. The molecule has 0 aliphatic carbocycles. The van der Waals surface area contributed by atoms with E-state index in [2.05, 4.69) is 10.6 Å². The van der Waals surface area contributed by atoms with Gasteiger partial charge in [-0.15, -0.1) is 0 Å².